The van der Waals surface area contributed by atoms with Crippen LogP contribution in [0.1, 0.15) is 19.4 Å². The van der Waals surface area contributed by atoms with Crippen molar-refractivity contribution in [1.82, 2.24) is 0 Å². The van der Waals surface area contributed by atoms with Gasteiger partial charge in [-0.2, -0.15) is 0 Å². The van der Waals surface area contributed by atoms with Crippen molar-refractivity contribution in [1.29, 1.82) is 0 Å². The Balaban J connectivity index is 3.05. The van der Waals surface area contributed by atoms with E-state index in [1.807, 2.05) is 13.8 Å². The molecule has 0 amide bonds. The Kier molecular flexibility index (Phi) is 5.24. The van der Waals surface area contributed by atoms with E-state index in [2.05, 4.69) is 11.3 Å². The van der Waals surface area contributed by atoms with E-state index >= 15 is 0 Å². The lowest BCUT2D eigenvalue weighted by Gasteiger charge is -2.12. The summed E-state index contributed by atoms with van der Waals surface area (Å²) in [5, 5.41) is 0. The number of methoxy groups -OCH3 is 1. The van der Waals surface area contributed by atoms with E-state index in [1.54, 1.807) is 18.2 Å². The Labute approximate surface area is 107 Å². The van der Waals surface area contributed by atoms with Gasteiger partial charge in [0.1, 0.15) is 0 Å². The van der Waals surface area contributed by atoms with Crippen molar-refractivity contribution in [2.24, 2.45) is 0 Å². The lowest BCUT2D eigenvalue weighted by molar-refractivity contribution is -0.133. The Morgan fingerprint density at radius 2 is 1.78 bits per heavy atom. The molecule has 18 heavy (non-hydrogen) atoms. The number of ether oxygens (including phenoxy) is 3. The van der Waals surface area contributed by atoms with Crippen LogP contribution in [0.25, 0.3) is 5.57 Å². The van der Waals surface area contributed by atoms with Gasteiger partial charge in [-0.3, -0.25) is 0 Å². The van der Waals surface area contributed by atoms with Crippen LogP contribution in [0.3, 0.4) is 0 Å². The molecule has 0 bridgehead atoms. The Morgan fingerprint density at radius 3 is 2.33 bits per heavy atom. The smallest absolute Gasteiger partial charge is 0.337 e. The molecule has 0 N–H and O–H groups in total. The molecule has 4 nitrogen and oxygen atoms in total. The first-order valence-electron chi connectivity index (χ1n) is 5.81. The fourth-order valence-corrected chi connectivity index (χ4v) is 1.48. The molecule has 0 aliphatic rings. The van der Waals surface area contributed by atoms with E-state index < -0.39 is 5.97 Å². The lowest BCUT2D eigenvalue weighted by Crippen LogP contribution is -2.04. The summed E-state index contributed by atoms with van der Waals surface area (Å²) in [6.45, 7) is 8.56. The largest absolute Gasteiger partial charge is 0.490 e. The van der Waals surface area contributed by atoms with Crippen LogP contribution >= 0.6 is 0 Å². The Bertz CT molecular complexity index is 437. The molecular weight excluding hydrogens is 232 g/mol. The number of carbonyl (C=O) groups is 1. The number of benzene rings is 1. The topological polar surface area (TPSA) is 44.8 Å². The van der Waals surface area contributed by atoms with Gasteiger partial charge in [-0.15, -0.1) is 0 Å². The van der Waals surface area contributed by atoms with Gasteiger partial charge in [-0.05, 0) is 31.5 Å². The van der Waals surface area contributed by atoms with E-state index in [0.29, 0.717) is 35.8 Å². The maximum absolute atomic E-state index is 11.4. The van der Waals surface area contributed by atoms with Gasteiger partial charge in [0.15, 0.2) is 11.5 Å². The molecule has 0 saturated carbocycles. The standard InChI is InChI=1S/C14H18O4/c1-5-17-12-8-7-11(9-13(12)18-6-2)10(3)14(15)16-4/h7-9H,3,5-6H2,1-2,4H3. The summed E-state index contributed by atoms with van der Waals surface area (Å²) in [6, 6.07) is 5.25. The van der Waals surface area contributed by atoms with Crippen molar-refractivity contribution in [2.45, 2.75) is 13.8 Å². The molecule has 0 heterocycles. The zero-order chi connectivity index (χ0) is 13.5. The molecule has 0 spiro atoms. The van der Waals surface area contributed by atoms with Crippen molar-refractivity contribution in [3.63, 3.8) is 0 Å². The van der Waals surface area contributed by atoms with E-state index in [1.165, 1.54) is 7.11 Å². The summed E-state index contributed by atoms with van der Waals surface area (Å²) in [4.78, 5) is 11.4. The summed E-state index contributed by atoms with van der Waals surface area (Å²) < 4.78 is 15.5. The van der Waals surface area contributed by atoms with E-state index in [9.17, 15) is 4.79 Å². The molecular formula is C14H18O4. The highest BCUT2D eigenvalue weighted by Crippen LogP contribution is 2.30. The number of hydrogen-bond acceptors (Lipinski definition) is 4. The van der Waals surface area contributed by atoms with Crippen LogP contribution in [0, 0.1) is 0 Å². The second-order valence-corrected chi connectivity index (χ2v) is 3.50. The summed E-state index contributed by atoms with van der Waals surface area (Å²) in [7, 11) is 1.32. The molecule has 1 rings (SSSR count). The number of carbonyl (C=O) groups excluding carboxylic acids is 1. The van der Waals surface area contributed by atoms with Gasteiger partial charge in [-0.25, -0.2) is 4.79 Å². The first-order chi connectivity index (χ1) is 8.63. The molecule has 98 valence electrons. The van der Waals surface area contributed by atoms with Crippen LogP contribution in [0.2, 0.25) is 0 Å². The van der Waals surface area contributed by atoms with E-state index in [0.717, 1.165) is 0 Å². The minimum absolute atomic E-state index is 0.293. The molecule has 0 saturated heterocycles. The normalized spacial score (nSPS) is 9.72. The van der Waals surface area contributed by atoms with Crippen molar-refractivity contribution in [3.05, 3.63) is 30.3 Å². The van der Waals surface area contributed by atoms with Crippen LogP contribution in [0.4, 0.5) is 0 Å². The summed E-state index contributed by atoms with van der Waals surface area (Å²) in [5.41, 5.74) is 0.954. The van der Waals surface area contributed by atoms with Crippen molar-refractivity contribution < 1.29 is 19.0 Å². The quantitative estimate of drug-likeness (QED) is 0.575. The zero-order valence-electron chi connectivity index (χ0n) is 11.0. The summed E-state index contributed by atoms with van der Waals surface area (Å²) in [5.74, 6) is 0.796. The molecule has 0 aliphatic carbocycles. The highest BCUT2D eigenvalue weighted by molar-refractivity contribution is 6.15. The number of rotatable bonds is 6. The van der Waals surface area contributed by atoms with Gasteiger partial charge in [0.2, 0.25) is 0 Å². The molecule has 0 radical (unpaired) electrons. The zero-order valence-corrected chi connectivity index (χ0v) is 11.0. The average molecular weight is 250 g/mol. The van der Waals surface area contributed by atoms with Gasteiger partial charge in [-0.1, -0.05) is 12.6 Å². The SMILES string of the molecule is C=C(C(=O)OC)c1ccc(OCC)c(OCC)c1. The predicted octanol–water partition coefficient (Wildman–Crippen LogP) is 2.67. The maximum Gasteiger partial charge on any atom is 0.337 e. The van der Waals surface area contributed by atoms with Gasteiger partial charge in [0, 0.05) is 0 Å². The fraction of sp³-hybridized carbons (Fsp3) is 0.357. The lowest BCUT2D eigenvalue weighted by atomic mass is 10.1. The van der Waals surface area contributed by atoms with Crippen LogP contribution in [0.15, 0.2) is 24.8 Å². The number of hydrogen-bond donors (Lipinski definition) is 0. The van der Waals surface area contributed by atoms with E-state index in [4.69, 9.17) is 9.47 Å². The van der Waals surface area contributed by atoms with Crippen molar-refractivity contribution in [2.75, 3.05) is 20.3 Å². The average Bonchev–Trinajstić information content (AvgIpc) is 2.39. The third-order valence-corrected chi connectivity index (χ3v) is 2.32. The third-order valence-electron chi connectivity index (χ3n) is 2.32. The molecule has 0 unspecified atom stereocenters. The fourth-order valence-electron chi connectivity index (χ4n) is 1.48. The van der Waals surface area contributed by atoms with Crippen LogP contribution in [0.5, 0.6) is 11.5 Å². The minimum Gasteiger partial charge on any atom is -0.490 e. The van der Waals surface area contributed by atoms with Crippen LogP contribution < -0.4 is 9.47 Å². The molecule has 1 aromatic carbocycles. The molecule has 0 aromatic heterocycles. The molecule has 4 heteroatoms. The summed E-state index contributed by atoms with van der Waals surface area (Å²) in [6.07, 6.45) is 0. The van der Waals surface area contributed by atoms with Crippen molar-refractivity contribution >= 4 is 11.5 Å². The second-order valence-electron chi connectivity index (χ2n) is 3.50. The molecule has 0 fully saturated rings. The van der Waals surface area contributed by atoms with Crippen LogP contribution in [-0.2, 0) is 9.53 Å². The van der Waals surface area contributed by atoms with Gasteiger partial charge in [0.05, 0.1) is 25.9 Å². The monoisotopic (exact) mass is 250 g/mol. The minimum atomic E-state index is -0.457. The van der Waals surface area contributed by atoms with E-state index in [-0.39, 0.29) is 0 Å². The maximum atomic E-state index is 11.4. The Morgan fingerprint density at radius 1 is 1.17 bits per heavy atom. The first kappa shape index (κ1) is 14.1. The third kappa shape index (κ3) is 3.26. The number of esters is 1. The summed E-state index contributed by atoms with van der Waals surface area (Å²) >= 11 is 0. The first-order valence-corrected chi connectivity index (χ1v) is 5.81. The van der Waals surface area contributed by atoms with Gasteiger partial charge in [0.25, 0.3) is 0 Å². The molecule has 1 aromatic rings. The predicted molar refractivity (Wildman–Crippen MR) is 69.8 cm³/mol. The van der Waals surface area contributed by atoms with Crippen LogP contribution in [-0.4, -0.2) is 26.3 Å². The molecule has 0 aliphatic heterocycles. The second kappa shape index (κ2) is 6.69. The van der Waals surface area contributed by atoms with Gasteiger partial charge >= 0.3 is 5.97 Å². The highest BCUT2D eigenvalue weighted by atomic mass is 16.5. The Hall–Kier alpha value is -1.97. The molecule has 0 atom stereocenters. The van der Waals surface area contributed by atoms with Crippen molar-refractivity contribution in [3.8, 4) is 11.5 Å². The van der Waals surface area contributed by atoms with Gasteiger partial charge < -0.3 is 14.2 Å². The highest BCUT2D eigenvalue weighted by Gasteiger charge is 2.13.